The van der Waals surface area contributed by atoms with E-state index < -0.39 is 0 Å². The van der Waals surface area contributed by atoms with E-state index in [9.17, 15) is 4.79 Å². The summed E-state index contributed by atoms with van der Waals surface area (Å²) in [6.45, 7) is 4.88. The molecule has 3 aromatic heterocycles. The van der Waals surface area contributed by atoms with Crippen LogP contribution in [-0.2, 0) is 4.74 Å². The smallest absolute Gasteiger partial charge is 0.419 e. The zero-order valence-electron chi connectivity index (χ0n) is 13.0. The van der Waals surface area contributed by atoms with Gasteiger partial charge >= 0.3 is 6.09 Å². The van der Waals surface area contributed by atoms with Crippen molar-refractivity contribution >= 4 is 49.2 Å². The summed E-state index contributed by atoms with van der Waals surface area (Å²) in [5.41, 5.74) is 1.94. The van der Waals surface area contributed by atoms with Gasteiger partial charge in [0.15, 0.2) is 0 Å². The zero-order chi connectivity index (χ0) is 15.5. The van der Waals surface area contributed by atoms with Crippen molar-refractivity contribution in [2.75, 3.05) is 6.61 Å². The van der Waals surface area contributed by atoms with E-state index in [1.54, 1.807) is 27.2 Å². The minimum Gasteiger partial charge on any atom is -0.449 e. The van der Waals surface area contributed by atoms with Crippen LogP contribution in [0.3, 0.4) is 0 Å². The number of unbranched alkanes of at least 4 members (excludes halogenated alkanes) is 1. The molecule has 0 fully saturated rings. The van der Waals surface area contributed by atoms with Gasteiger partial charge in [0.1, 0.15) is 0 Å². The van der Waals surface area contributed by atoms with Crippen LogP contribution in [0.5, 0.6) is 0 Å². The van der Waals surface area contributed by atoms with Crippen molar-refractivity contribution in [1.82, 2.24) is 4.57 Å². The van der Waals surface area contributed by atoms with Gasteiger partial charge in [0, 0.05) is 0 Å². The van der Waals surface area contributed by atoms with Gasteiger partial charge in [-0.25, -0.2) is 9.36 Å². The van der Waals surface area contributed by atoms with E-state index in [4.69, 9.17) is 4.74 Å². The standard InChI is InChI=1S/C17H21NO2S2/c1-3-5-6-12(4-2)11-20-17(19)18-13-7-9-21-15(13)16-14(18)8-10-22-16/h7-10,12H,3-6,11H2,1-2H3/t12-/m0/s1. The lowest BCUT2D eigenvalue weighted by Gasteiger charge is -2.15. The molecule has 22 heavy (non-hydrogen) atoms. The van der Waals surface area contributed by atoms with Crippen molar-refractivity contribution in [1.29, 1.82) is 0 Å². The first-order chi connectivity index (χ1) is 10.8. The highest BCUT2D eigenvalue weighted by atomic mass is 32.1. The molecule has 3 aromatic rings. The molecule has 0 aliphatic heterocycles. The summed E-state index contributed by atoms with van der Waals surface area (Å²) in [7, 11) is 0. The summed E-state index contributed by atoms with van der Waals surface area (Å²) in [5.74, 6) is 0.468. The van der Waals surface area contributed by atoms with E-state index in [1.165, 1.54) is 22.2 Å². The maximum Gasteiger partial charge on any atom is 0.419 e. The van der Waals surface area contributed by atoms with E-state index in [0.717, 1.165) is 23.9 Å². The molecular weight excluding hydrogens is 314 g/mol. The summed E-state index contributed by atoms with van der Waals surface area (Å²) in [6, 6.07) is 4.00. The second-order valence-electron chi connectivity index (χ2n) is 5.60. The minimum atomic E-state index is -0.244. The Bertz CT molecular complexity index is 720. The Balaban J connectivity index is 1.79. The van der Waals surface area contributed by atoms with Crippen molar-refractivity contribution in [2.24, 2.45) is 5.92 Å². The molecule has 3 heterocycles. The molecular formula is C17H21NO2S2. The number of hydrogen-bond acceptors (Lipinski definition) is 4. The van der Waals surface area contributed by atoms with E-state index in [2.05, 4.69) is 13.8 Å². The van der Waals surface area contributed by atoms with Crippen LogP contribution in [0.1, 0.15) is 39.5 Å². The van der Waals surface area contributed by atoms with Gasteiger partial charge in [-0.3, -0.25) is 0 Å². The second kappa shape index (κ2) is 6.84. The topological polar surface area (TPSA) is 31.2 Å². The molecule has 1 atom stereocenters. The predicted octanol–water partition coefficient (Wildman–Crippen LogP) is 6.12. The van der Waals surface area contributed by atoms with Crippen LogP contribution >= 0.6 is 22.7 Å². The average Bonchev–Trinajstić information content (AvgIpc) is 3.20. The second-order valence-corrected chi connectivity index (χ2v) is 7.43. The molecule has 0 bridgehead atoms. The lowest BCUT2D eigenvalue weighted by atomic mass is 10.0. The average molecular weight is 335 g/mol. The normalized spacial score (nSPS) is 13.0. The van der Waals surface area contributed by atoms with Crippen LogP contribution < -0.4 is 0 Å². The number of nitrogens with zero attached hydrogens (tertiary/aromatic N) is 1. The quantitative estimate of drug-likeness (QED) is 0.543. The molecule has 0 aliphatic carbocycles. The van der Waals surface area contributed by atoms with Crippen LogP contribution in [0.2, 0.25) is 0 Å². The first kappa shape index (κ1) is 15.6. The van der Waals surface area contributed by atoms with Crippen molar-refractivity contribution in [3.05, 3.63) is 22.9 Å². The minimum absolute atomic E-state index is 0.244. The number of thiophene rings is 2. The first-order valence-electron chi connectivity index (χ1n) is 7.88. The maximum atomic E-state index is 12.6. The lowest BCUT2D eigenvalue weighted by molar-refractivity contribution is 0.126. The van der Waals surface area contributed by atoms with E-state index in [-0.39, 0.29) is 6.09 Å². The van der Waals surface area contributed by atoms with Crippen molar-refractivity contribution in [3.8, 4) is 0 Å². The van der Waals surface area contributed by atoms with Gasteiger partial charge in [0.2, 0.25) is 0 Å². The van der Waals surface area contributed by atoms with Gasteiger partial charge in [-0.15, -0.1) is 22.7 Å². The van der Waals surface area contributed by atoms with Gasteiger partial charge in [-0.1, -0.05) is 33.1 Å². The van der Waals surface area contributed by atoms with Crippen molar-refractivity contribution in [2.45, 2.75) is 39.5 Å². The van der Waals surface area contributed by atoms with Gasteiger partial charge in [0.05, 0.1) is 27.0 Å². The highest BCUT2D eigenvalue weighted by molar-refractivity contribution is 7.25. The molecule has 5 heteroatoms. The van der Waals surface area contributed by atoms with Crippen LogP contribution in [0.15, 0.2) is 22.9 Å². The van der Waals surface area contributed by atoms with Crippen LogP contribution in [0.4, 0.5) is 4.79 Å². The van der Waals surface area contributed by atoms with E-state index in [1.807, 2.05) is 22.9 Å². The molecule has 0 amide bonds. The largest absolute Gasteiger partial charge is 0.449 e. The van der Waals surface area contributed by atoms with E-state index in [0.29, 0.717) is 12.5 Å². The molecule has 0 unspecified atom stereocenters. The molecule has 118 valence electrons. The van der Waals surface area contributed by atoms with Gasteiger partial charge in [0.25, 0.3) is 0 Å². The fraction of sp³-hybridized carbons (Fsp3) is 0.471. The van der Waals surface area contributed by atoms with Crippen molar-refractivity contribution < 1.29 is 9.53 Å². The SMILES string of the molecule is CCCC[C@H](CC)COC(=O)n1c2ccsc2c2sccc21. The fourth-order valence-electron chi connectivity index (χ4n) is 2.78. The van der Waals surface area contributed by atoms with Crippen molar-refractivity contribution in [3.63, 3.8) is 0 Å². The zero-order valence-corrected chi connectivity index (χ0v) is 14.6. The monoisotopic (exact) mass is 335 g/mol. The fourth-order valence-corrected chi connectivity index (χ4v) is 4.71. The number of hydrogen-bond donors (Lipinski definition) is 0. The highest BCUT2D eigenvalue weighted by Crippen LogP contribution is 2.36. The number of aromatic nitrogens is 1. The highest BCUT2D eigenvalue weighted by Gasteiger charge is 2.19. The number of fused-ring (bicyclic) bond motifs is 3. The third-order valence-electron chi connectivity index (χ3n) is 4.15. The lowest BCUT2D eigenvalue weighted by Crippen LogP contribution is -2.18. The summed E-state index contributed by atoms with van der Waals surface area (Å²) < 4.78 is 9.71. The molecule has 0 saturated heterocycles. The molecule has 3 rings (SSSR count). The molecule has 0 aliphatic rings. The Morgan fingerprint density at radius 2 is 1.82 bits per heavy atom. The summed E-state index contributed by atoms with van der Waals surface area (Å²) in [6.07, 6.45) is 4.33. The van der Waals surface area contributed by atoms with Gasteiger partial charge < -0.3 is 4.74 Å². The molecule has 0 saturated carbocycles. The Labute approximate surface area is 138 Å². The van der Waals surface area contributed by atoms with Crippen LogP contribution in [-0.4, -0.2) is 17.3 Å². The summed E-state index contributed by atoms with van der Waals surface area (Å²) in [4.78, 5) is 12.6. The number of carbonyl (C=O) groups excluding carboxylic acids is 1. The Morgan fingerprint density at radius 1 is 1.18 bits per heavy atom. The van der Waals surface area contributed by atoms with Gasteiger partial charge in [-0.05, 0) is 35.2 Å². The maximum absolute atomic E-state index is 12.6. The van der Waals surface area contributed by atoms with E-state index >= 15 is 0 Å². The molecule has 0 aromatic carbocycles. The number of rotatable bonds is 6. The third-order valence-corrected chi connectivity index (χ3v) is 6.12. The van der Waals surface area contributed by atoms with Gasteiger partial charge in [-0.2, -0.15) is 0 Å². The molecule has 0 N–H and O–H groups in total. The number of ether oxygens (including phenoxy) is 1. The summed E-state index contributed by atoms with van der Waals surface area (Å²) >= 11 is 3.36. The molecule has 3 nitrogen and oxygen atoms in total. The molecule has 0 radical (unpaired) electrons. The number of carbonyl (C=O) groups is 1. The molecule has 0 spiro atoms. The Morgan fingerprint density at radius 3 is 2.36 bits per heavy atom. The third kappa shape index (κ3) is 2.79. The first-order valence-corrected chi connectivity index (χ1v) is 9.64. The van der Waals surface area contributed by atoms with Crippen LogP contribution in [0.25, 0.3) is 20.4 Å². The predicted molar refractivity (Wildman–Crippen MR) is 95.3 cm³/mol. The van der Waals surface area contributed by atoms with Crippen LogP contribution in [0, 0.1) is 5.92 Å². The summed E-state index contributed by atoms with van der Waals surface area (Å²) in [5, 5.41) is 4.06. The Hall–Kier alpha value is -1.33. The Kier molecular flexibility index (Phi) is 4.84.